The van der Waals surface area contributed by atoms with Crippen LogP contribution in [-0.2, 0) is 12.8 Å². The summed E-state index contributed by atoms with van der Waals surface area (Å²) in [5, 5.41) is 10.9. The highest BCUT2D eigenvalue weighted by molar-refractivity contribution is 5.52. The molecule has 0 fully saturated rings. The summed E-state index contributed by atoms with van der Waals surface area (Å²) in [6.07, 6.45) is 1.77. The number of hydrogen-bond acceptors (Lipinski definition) is 4. The van der Waals surface area contributed by atoms with Crippen molar-refractivity contribution < 1.29 is 9.66 Å². The first-order chi connectivity index (χ1) is 8.11. The number of methoxy groups -OCH3 is 1. The SMILES string of the molecule is COc1cc2c(cc1[N+](=O)[O-])CCN(C)CC2. The van der Waals surface area contributed by atoms with E-state index >= 15 is 0 Å². The predicted octanol–water partition coefficient (Wildman–Crippen LogP) is 1.63. The predicted molar refractivity (Wildman–Crippen MR) is 64.6 cm³/mol. The van der Waals surface area contributed by atoms with E-state index in [1.807, 2.05) is 6.07 Å². The number of ether oxygens (including phenoxy) is 1. The zero-order valence-electron chi connectivity index (χ0n) is 10.1. The van der Waals surface area contributed by atoms with Gasteiger partial charge in [0.2, 0.25) is 0 Å². The highest BCUT2D eigenvalue weighted by atomic mass is 16.6. The molecule has 0 bridgehead atoms. The van der Waals surface area contributed by atoms with E-state index in [4.69, 9.17) is 4.74 Å². The first-order valence-electron chi connectivity index (χ1n) is 5.64. The molecule has 2 rings (SSSR count). The second-order valence-electron chi connectivity index (χ2n) is 4.35. The van der Waals surface area contributed by atoms with Crippen LogP contribution in [0.3, 0.4) is 0 Å². The molecule has 0 radical (unpaired) electrons. The Hall–Kier alpha value is -1.62. The minimum absolute atomic E-state index is 0.0656. The van der Waals surface area contributed by atoms with Crippen LogP contribution in [0, 0.1) is 10.1 Å². The van der Waals surface area contributed by atoms with Crippen LogP contribution in [0.5, 0.6) is 5.75 Å². The smallest absolute Gasteiger partial charge is 0.311 e. The highest BCUT2D eigenvalue weighted by Crippen LogP contribution is 2.31. The Morgan fingerprint density at radius 2 is 1.88 bits per heavy atom. The molecule has 0 saturated carbocycles. The molecule has 0 aliphatic carbocycles. The van der Waals surface area contributed by atoms with Gasteiger partial charge in [-0.2, -0.15) is 0 Å². The molecule has 0 aromatic heterocycles. The molecule has 0 amide bonds. The molecule has 1 aliphatic rings. The number of nitrogens with zero attached hydrogens (tertiary/aromatic N) is 2. The maximum Gasteiger partial charge on any atom is 0.311 e. The lowest BCUT2D eigenvalue weighted by atomic mass is 10.0. The van der Waals surface area contributed by atoms with Gasteiger partial charge in [0.25, 0.3) is 0 Å². The van der Waals surface area contributed by atoms with Gasteiger partial charge in [0, 0.05) is 19.2 Å². The topological polar surface area (TPSA) is 55.6 Å². The Balaban J connectivity index is 2.44. The van der Waals surface area contributed by atoms with Gasteiger partial charge in [-0.15, -0.1) is 0 Å². The number of likely N-dealkylation sites (N-methyl/N-ethyl adjacent to an activating group) is 1. The Kier molecular flexibility index (Phi) is 3.28. The third-order valence-electron chi connectivity index (χ3n) is 3.22. The minimum Gasteiger partial charge on any atom is -0.490 e. The van der Waals surface area contributed by atoms with Gasteiger partial charge in [-0.05, 0) is 37.1 Å². The summed E-state index contributed by atoms with van der Waals surface area (Å²) >= 11 is 0. The molecule has 0 atom stereocenters. The summed E-state index contributed by atoms with van der Waals surface area (Å²) in [4.78, 5) is 12.8. The Morgan fingerprint density at radius 1 is 1.29 bits per heavy atom. The highest BCUT2D eigenvalue weighted by Gasteiger charge is 2.20. The second-order valence-corrected chi connectivity index (χ2v) is 4.35. The second kappa shape index (κ2) is 4.71. The van der Waals surface area contributed by atoms with Crippen LogP contribution in [0.15, 0.2) is 12.1 Å². The van der Waals surface area contributed by atoms with Crippen LogP contribution < -0.4 is 4.74 Å². The van der Waals surface area contributed by atoms with Crippen LogP contribution in [-0.4, -0.2) is 37.1 Å². The summed E-state index contributed by atoms with van der Waals surface area (Å²) in [7, 11) is 3.54. The summed E-state index contributed by atoms with van der Waals surface area (Å²) < 4.78 is 5.09. The average molecular weight is 236 g/mol. The van der Waals surface area contributed by atoms with Crippen LogP contribution in [0.2, 0.25) is 0 Å². The van der Waals surface area contributed by atoms with Crippen LogP contribution in [0.1, 0.15) is 11.1 Å². The van der Waals surface area contributed by atoms with Crippen molar-refractivity contribution in [3.05, 3.63) is 33.4 Å². The normalized spacial score (nSPS) is 16.1. The van der Waals surface area contributed by atoms with E-state index in [1.54, 1.807) is 6.07 Å². The van der Waals surface area contributed by atoms with Gasteiger partial charge in [0.15, 0.2) is 5.75 Å². The van der Waals surface area contributed by atoms with Crippen molar-refractivity contribution in [3.8, 4) is 5.75 Å². The zero-order valence-corrected chi connectivity index (χ0v) is 10.1. The standard InChI is InChI=1S/C12H16N2O3/c1-13-5-3-9-7-11(14(15)16)12(17-2)8-10(9)4-6-13/h7-8H,3-6H2,1-2H3. The Labute approximate surface area is 100 Å². The van der Waals surface area contributed by atoms with Gasteiger partial charge in [-0.1, -0.05) is 0 Å². The summed E-state index contributed by atoms with van der Waals surface area (Å²) in [5.74, 6) is 0.360. The van der Waals surface area contributed by atoms with Crippen molar-refractivity contribution in [2.24, 2.45) is 0 Å². The van der Waals surface area contributed by atoms with Gasteiger partial charge < -0.3 is 9.64 Å². The van der Waals surface area contributed by atoms with E-state index in [0.717, 1.165) is 37.1 Å². The van der Waals surface area contributed by atoms with Crippen LogP contribution in [0.4, 0.5) is 5.69 Å². The lowest BCUT2D eigenvalue weighted by Gasteiger charge is -2.10. The molecule has 0 saturated heterocycles. The molecular formula is C12H16N2O3. The molecule has 0 N–H and O–H groups in total. The first-order valence-corrected chi connectivity index (χ1v) is 5.64. The molecule has 17 heavy (non-hydrogen) atoms. The Morgan fingerprint density at radius 3 is 2.41 bits per heavy atom. The number of nitro groups is 1. The fraction of sp³-hybridized carbons (Fsp3) is 0.500. The fourth-order valence-corrected chi connectivity index (χ4v) is 2.16. The number of benzene rings is 1. The van der Waals surface area contributed by atoms with Crippen molar-refractivity contribution in [1.29, 1.82) is 0 Å². The zero-order chi connectivity index (χ0) is 12.4. The molecule has 0 spiro atoms. The largest absolute Gasteiger partial charge is 0.490 e. The van der Waals surface area contributed by atoms with Gasteiger partial charge in [-0.25, -0.2) is 0 Å². The minimum atomic E-state index is -0.381. The maximum absolute atomic E-state index is 10.9. The van der Waals surface area contributed by atoms with Crippen molar-refractivity contribution in [2.75, 3.05) is 27.2 Å². The molecule has 5 heteroatoms. The van der Waals surface area contributed by atoms with E-state index in [9.17, 15) is 10.1 Å². The number of hydrogen-bond donors (Lipinski definition) is 0. The van der Waals surface area contributed by atoms with Crippen molar-refractivity contribution in [1.82, 2.24) is 4.90 Å². The van der Waals surface area contributed by atoms with Crippen LogP contribution in [0.25, 0.3) is 0 Å². The molecule has 1 aromatic carbocycles. The molecule has 92 valence electrons. The maximum atomic E-state index is 10.9. The monoisotopic (exact) mass is 236 g/mol. The van der Waals surface area contributed by atoms with Gasteiger partial charge >= 0.3 is 5.69 Å². The third-order valence-corrected chi connectivity index (χ3v) is 3.22. The number of fused-ring (bicyclic) bond motifs is 1. The van der Waals surface area contributed by atoms with Crippen LogP contribution >= 0.6 is 0 Å². The molecule has 5 nitrogen and oxygen atoms in total. The first kappa shape index (κ1) is 11.9. The van der Waals surface area contributed by atoms with Crippen molar-refractivity contribution in [2.45, 2.75) is 12.8 Å². The average Bonchev–Trinajstić information content (AvgIpc) is 2.50. The van der Waals surface area contributed by atoms with E-state index in [1.165, 1.54) is 7.11 Å². The lowest BCUT2D eigenvalue weighted by Crippen LogP contribution is -2.20. The fourth-order valence-electron chi connectivity index (χ4n) is 2.16. The molecular weight excluding hydrogens is 220 g/mol. The van der Waals surface area contributed by atoms with Gasteiger partial charge in [0.1, 0.15) is 0 Å². The Bertz CT molecular complexity index is 446. The van der Waals surface area contributed by atoms with E-state index in [0.29, 0.717) is 5.75 Å². The molecule has 1 aromatic rings. The molecule has 0 unspecified atom stereocenters. The molecule has 1 heterocycles. The van der Waals surface area contributed by atoms with E-state index in [-0.39, 0.29) is 10.6 Å². The van der Waals surface area contributed by atoms with Gasteiger partial charge in [0.05, 0.1) is 12.0 Å². The summed E-state index contributed by atoms with van der Waals surface area (Å²) in [6.45, 7) is 1.92. The quantitative estimate of drug-likeness (QED) is 0.578. The molecule has 1 aliphatic heterocycles. The number of rotatable bonds is 2. The van der Waals surface area contributed by atoms with E-state index in [2.05, 4.69) is 11.9 Å². The van der Waals surface area contributed by atoms with Crippen molar-refractivity contribution >= 4 is 5.69 Å². The van der Waals surface area contributed by atoms with Crippen molar-refractivity contribution in [3.63, 3.8) is 0 Å². The van der Waals surface area contributed by atoms with E-state index < -0.39 is 0 Å². The summed E-state index contributed by atoms with van der Waals surface area (Å²) in [5.41, 5.74) is 2.30. The number of nitro benzene ring substituents is 1. The summed E-state index contributed by atoms with van der Waals surface area (Å²) in [6, 6.07) is 3.47. The third kappa shape index (κ3) is 2.39. The van der Waals surface area contributed by atoms with Gasteiger partial charge in [-0.3, -0.25) is 10.1 Å². The lowest BCUT2D eigenvalue weighted by molar-refractivity contribution is -0.385.